The molecule has 6 heteroatoms. The molecule has 1 aromatic heterocycles. The smallest absolute Gasteiger partial charge is 0.326 e. The maximum atomic E-state index is 13.0. The van der Waals surface area contributed by atoms with Crippen LogP contribution < -0.4 is 5.32 Å². The molecule has 1 amide bonds. The van der Waals surface area contributed by atoms with Gasteiger partial charge in [0.05, 0.1) is 5.69 Å². The summed E-state index contributed by atoms with van der Waals surface area (Å²) in [6, 6.07) is 16.2. The Morgan fingerprint density at radius 3 is 2.55 bits per heavy atom. The molecule has 1 atom stereocenters. The van der Waals surface area contributed by atoms with E-state index in [0.717, 1.165) is 47.3 Å². The Balaban J connectivity index is 1.63. The number of aryl methyl sites for hydroxylation is 1. The first-order chi connectivity index (χ1) is 14.0. The predicted molar refractivity (Wildman–Crippen MR) is 109 cm³/mol. The largest absolute Gasteiger partial charge is 0.480 e. The van der Waals surface area contributed by atoms with Crippen molar-refractivity contribution in [3.8, 4) is 5.69 Å². The molecule has 148 valence electrons. The summed E-state index contributed by atoms with van der Waals surface area (Å²) in [6.45, 7) is 2.01. The summed E-state index contributed by atoms with van der Waals surface area (Å²) < 4.78 is 1.85. The average molecular weight is 389 g/mol. The molecule has 4 rings (SSSR count). The number of fused-ring (bicyclic) bond motifs is 1. The van der Waals surface area contributed by atoms with E-state index in [1.165, 1.54) is 0 Å². The van der Waals surface area contributed by atoms with Gasteiger partial charge in [-0.05, 0) is 43.4 Å². The van der Waals surface area contributed by atoms with Crippen LogP contribution in [0.1, 0.15) is 39.3 Å². The van der Waals surface area contributed by atoms with Gasteiger partial charge in [-0.1, -0.05) is 48.5 Å². The zero-order valence-corrected chi connectivity index (χ0v) is 16.3. The number of aliphatic carboxylic acids is 1. The van der Waals surface area contributed by atoms with Crippen molar-refractivity contribution in [2.75, 3.05) is 0 Å². The highest BCUT2D eigenvalue weighted by Gasteiger charge is 2.29. The molecule has 0 aliphatic heterocycles. The lowest BCUT2D eigenvalue weighted by Crippen LogP contribution is -2.42. The number of nitrogens with zero attached hydrogens (tertiary/aromatic N) is 2. The Bertz CT molecular complexity index is 1060. The normalized spacial score (nSPS) is 13.7. The topological polar surface area (TPSA) is 84.2 Å². The molecule has 2 aromatic carbocycles. The van der Waals surface area contributed by atoms with Crippen LogP contribution in [0.5, 0.6) is 0 Å². The minimum Gasteiger partial charge on any atom is -0.480 e. The Kier molecular flexibility index (Phi) is 5.16. The molecule has 1 heterocycles. The molecule has 1 unspecified atom stereocenters. The van der Waals surface area contributed by atoms with Gasteiger partial charge in [0, 0.05) is 17.7 Å². The van der Waals surface area contributed by atoms with Crippen LogP contribution in [-0.4, -0.2) is 32.8 Å². The molecule has 0 spiro atoms. The molecule has 2 N–H and O–H groups in total. The molecule has 6 nitrogen and oxygen atoms in total. The minimum absolute atomic E-state index is 0.225. The van der Waals surface area contributed by atoms with Gasteiger partial charge in [-0.25, -0.2) is 9.48 Å². The second-order valence-electron chi connectivity index (χ2n) is 7.38. The first-order valence-corrected chi connectivity index (χ1v) is 9.79. The number of para-hydroxylation sites is 1. The summed E-state index contributed by atoms with van der Waals surface area (Å²) in [4.78, 5) is 24.7. The van der Waals surface area contributed by atoms with Crippen molar-refractivity contribution in [2.24, 2.45) is 0 Å². The van der Waals surface area contributed by atoms with E-state index < -0.39 is 17.9 Å². The van der Waals surface area contributed by atoms with Gasteiger partial charge in [-0.2, -0.15) is 5.10 Å². The van der Waals surface area contributed by atoms with Gasteiger partial charge >= 0.3 is 5.97 Å². The van der Waals surface area contributed by atoms with E-state index in [2.05, 4.69) is 10.4 Å². The molecule has 1 aliphatic carbocycles. The van der Waals surface area contributed by atoms with E-state index in [9.17, 15) is 14.7 Å². The number of benzene rings is 2. The quantitative estimate of drug-likeness (QED) is 0.679. The highest BCUT2D eigenvalue weighted by molar-refractivity contribution is 5.96. The van der Waals surface area contributed by atoms with Crippen molar-refractivity contribution in [1.82, 2.24) is 15.1 Å². The van der Waals surface area contributed by atoms with Gasteiger partial charge in [0.2, 0.25) is 0 Å². The molecule has 3 aromatic rings. The Labute approximate surface area is 169 Å². The first-order valence-electron chi connectivity index (χ1n) is 9.79. The number of hydrogen-bond acceptors (Lipinski definition) is 3. The molecule has 0 saturated heterocycles. The van der Waals surface area contributed by atoms with Crippen molar-refractivity contribution >= 4 is 11.9 Å². The summed E-state index contributed by atoms with van der Waals surface area (Å²) in [7, 11) is 0. The van der Waals surface area contributed by atoms with Gasteiger partial charge in [-0.15, -0.1) is 0 Å². The Morgan fingerprint density at radius 1 is 1.10 bits per heavy atom. The van der Waals surface area contributed by atoms with Gasteiger partial charge in [-0.3, -0.25) is 4.79 Å². The number of carbonyl (C=O) groups is 2. The SMILES string of the molecule is Cc1ccccc1-n1nc(C(=O)NC(Cc2ccccc2)C(=O)O)c2c1CCC2. The lowest BCUT2D eigenvalue weighted by molar-refractivity contribution is -0.139. The summed E-state index contributed by atoms with van der Waals surface area (Å²) >= 11 is 0. The van der Waals surface area contributed by atoms with Crippen LogP contribution in [0.3, 0.4) is 0 Å². The fraction of sp³-hybridized carbons (Fsp3) is 0.261. The molecule has 0 radical (unpaired) electrons. The monoisotopic (exact) mass is 389 g/mol. The maximum Gasteiger partial charge on any atom is 0.326 e. The van der Waals surface area contributed by atoms with Crippen LogP contribution >= 0.6 is 0 Å². The molecule has 0 fully saturated rings. The fourth-order valence-electron chi connectivity index (χ4n) is 3.90. The van der Waals surface area contributed by atoms with Crippen LogP contribution in [0.2, 0.25) is 0 Å². The molecule has 29 heavy (non-hydrogen) atoms. The van der Waals surface area contributed by atoms with Crippen molar-refractivity contribution in [2.45, 2.75) is 38.6 Å². The van der Waals surface area contributed by atoms with Crippen molar-refractivity contribution < 1.29 is 14.7 Å². The number of aromatic nitrogens is 2. The molecular formula is C23H23N3O3. The maximum absolute atomic E-state index is 13.0. The zero-order valence-electron chi connectivity index (χ0n) is 16.3. The van der Waals surface area contributed by atoms with Crippen LogP contribution in [0.25, 0.3) is 5.69 Å². The summed E-state index contributed by atoms with van der Waals surface area (Å²) in [6.07, 6.45) is 2.82. The average Bonchev–Trinajstić information content (AvgIpc) is 3.31. The van der Waals surface area contributed by atoms with Gasteiger partial charge in [0.15, 0.2) is 5.69 Å². The van der Waals surface area contributed by atoms with E-state index in [0.29, 0.717) is 5.69 Å². The second kappa shape index (κ2) is 7.91. The standard InChI is InChI=1S/C23H23N3O3/c1-15-8-5-6-12-19(15)26-20-13-7-11-17(20)21(25-26)22(27)24-18(23(28)29)14-16-9-3-2-4-10-16/h2-6,8-10,12,18H,7,11,13-14H2,1H3,(H,24,27)(H,28,29). The molecular weight excluding hydrogens is 366 g/mol. The van der Waals surface area contributed by atoms with E-state index in [1.54, 1.807) is 0 Å². The predicted octanol–water partition coefficient (Wildman–Crippen LogP) is 3.10. The molecule has 1 aliphatic rings. The highest BCUT2D eigenvalue weighted by Crippen LogP contribution is 2.29. The van der Waals surface area contributed by atoms with Crippen LogP contribution in [0.4, 0.5) is 0 Å². The molecule has 0 bridgehead atoms. The number of amides is 1. The third-order valence-electron chi connectivity index (χ3n) is 5.38. The third kappa shape index (κ3) is 3.78. The summed E-state index contributed by atoms with van der Waals surface area (Å²) in [5.74, 6) is -1.49. The lowest BCUT2D eigenvalue weighted by Gasteiger charge is -2.14. The number of nitrogens with one attached hydrogen (secondary N) is 1. The zero-order chi connectivity index (χ0) is 20.4. The second-order valence-corrected chi connectivity index (χ2v) is 7.38. The lowest BCUT2D eigenvalue weighted by atomic mass is 10.1. The van der Waals surface area contributed by atoms with Crippen molar-refractivity contribution in [3.63, 3.8) is 0 Å². The first kappa shape index (κ1) is 18.9. The van der Waals surface area contributed by atoms with Crippen LogP contribution in [0.15, 0.2) is 54.6 Å². The summed E-state index contributed by atoms with van der Waals surface area (Å²) in [5, 5.41) is 16.9. The number of carboxylic acid groups (broad SMARTS) is 1. The number of hydrogen-bond donors (Lipinski definition) is 2. The van der Waals surface area contributed by atoms with Gasteiger partial charge < -0.3 is 10.4 Å². The Morgan fingerprint density at radius 2 is 1.83 bits per heavy atom. The van der Waals surface area contributed by atoms with E-state index >= 15 is 0 Å². The van der Waals surface area contributed by atoms with Crippen molar-refractivity contribution in [3.05, 3.63) is 82.7 Å². The van der Waals surface area contributed by atoms with Crippen LogP contribution in [0, 0.1) is 6.92 Å². The Hall–Kier alpha value is -3.41. The number of carbonyl (C=O) groups excluding carboxylic acids is 1. The van der Waals surface area contributed by atoms with Gasteiger partial charge in [0.1, 0.15) is 6.04 Å². The van der Waals surface area contributed by atoms with Crippen molar-refractivity contribution in [1.29, 1.82) is 0 Å². The number of carboxylic acids is 1. The molecule has 0 saturated carbocycles. The summed E-state index contributed by atoms with van der Waals surface area (Å²) in [5.41, 5.74) is 5.18. The number of rotatable bonds is 6. The van der Waals surface area contributed by atoms with E-state index in [1.807, 2.05) is 66.2 Å². The van der Waals surface area contributed by atoms with E-state index in [4.69, 9.17) is 0 Å². The fourth-order valence-corrected chi connectivity index (χ4v) is 3.90. The van der Waals surface area contributed by atoms with E-state index in [-0.39, 0.29) is 6.42 Å². The third-order valence-corrected chi connectivity index (χ3v) is 5.38. The van der Waals surface area contributed by atoms with Gasteiger partial charge in [0.25, 0.3) is 5.91 Å². The minimum atomic E-state index is -1.06. The van der Waals surface area contributed by atoms with Crippen LogP contribution in [-0.2, 0) is 24.1 Å². The highest BCUT2D eigenvalue weighted by atomic mass is 16.4.